The van der Waals surface area contributed by atoms with E-state index in [9.17, 15) is 10.2 Å². The zero-order valence-electron chi connectivity index (χ0n) is 10.4. The number of nitrogens with zero attached hydrogens (tertiary/aromatic N) is 3. The van der Waals surface area contributed by atoms with Gasteiger partial charge in [0, 0.05) is 4.91 Å². The number of hydrogen-bond acceptors (Lipinski definition) is 5. The second-order valence-electron chi connectivity index (χ2n) is 3.66. The van der Waals surface area contributed by atoms with E-state index >= 15 is 0 Å². The fourth-order valence-electron chi connectivity index (χ4n) is 1.55. The van der Waals surface area contributed by atoms with Crippen LogP contribution in [0, 0.1) is 3.57 Å². The maximum atomic E-state index is 9.99. The predicted molar refractivity (Wildman–Crippen MR) is 77.2 cm³/mol. The van der Waals surface area contributed by atoms with Crippen LogP contribution in [0.4, 0.5) is 0 Å². The third-order valence-electron chi connectivity index (χ3n) is 2.49. The number of aliphatic hydroxyl groups excluding tert-OH is 2. The summed E-state index contributed by atoms with van der Waals surface area (Å²) in [4.78, 5) is 2.54. The second kappa shape index (κ2) is 7.39. The van der Waals surface area contributed by atoms with E-state index in [1.54, 1.807) is 12.1 Å². The molecule has 0 aliphatic carbocycles. The number of ether oxygens (including phenoxy) is 2. The lowest BCUT2D eigenvalue weighted by Crippen LogP contribution is -2.21. The van der Waals surface area contributed by atoms with Gasteiger partial charge in [0.1, 0.15) is 6.10 Å². The molecule has 0 spiro atoms. The zero-order chi connectivity index (χ0) is 14.4. The van der Waals surface area contributed by atoms with Gasteiger partial charge in [0.05, 0.1) is 30.4 Å². The zero-order valence-corrected chi connectivity index (χ0v) is 12.6. The third kappa shape index (κ3) is 3.87. The predicted octanol–water partition coefficient (Wildman–Crippen LogP) is 2.01. The van der Waals surface area contributed by atoms with Crippen molar-refractivity contribution in [2.45, 2.75) is 12.2 Å². The number of azide groups is 1. The number of aliphatic hydroxyl groups is 2. The highest BCUT2D eigenvalue weighted by Gasteiger charge is 2.21. The smallest absolute Gasteiger partial charge is 0.174 e. The third-order valence-corrected chi connectivity index (χ3v) is 3.30. The SMILES string of the molecule is COc1cc(C(O)C(O)CN=[N+]=[N-])cc(I)c1OC. The number of benzene rings is 1. The van der Waals surface area contributed by atoms with E-state index in [4.69, 9.17) is 15.0 Å². The van der Waals surface area contributed by atoms with Crippen LogP contribution in [-0.2, 0) is 0 Å². The Balaban J connectivity index is 3.07. The molecule has 0 bridgehead atoms. The quantitative estimate of drug-likeness (QED) is 0.341. The van der Waals surface area contributed by atoms with Crippen molar-refractivity contribution < 1.29 is 19.7 Å². The Labute approximate surface area is 123 Å². The summed E-state index contributed by atoms with van der Waals surface area (Å²) in [5.74, 6) is 1.02. The van der Waals surface area contributed by atoms with E-state index in [-0.39, 0.29) is 6.54 Å². The first-order valence-electron chi connectivity index (χ1n) is 5.33. The van der Waals surface area contributed by atoms with Crippen LogP contribution in [0.2, 0.25) is 0 Å². The topological polar surface area (TPSA) is 108 Å². The minimum absolute atomic E-state index is 0.206. The molecule has 0 fully saturated rings. The van der Waals surface area contributed by atoms with Gasteiger partial charge < -0.3 is 19.7 Å². The van der Waals surface area contributed by atoms with Crippen LogP contribution in [0.3, 0.4) is 0 Å². The molecule has 0 heterocycles. The van der Waals surface area contributed by atoms with Crippen molar-refractivity contribution >= 4 is 22.6 Å². The Kier molecular flexibility index (Phi) is 6.16. The van der Waals surface area contributed by atoms with Gasteiger partial charge >= 0.3 is 0 Å². The van der Waals surface area contributed by atoms with Gasteiger partial charge in [-0.2, -0.15) is 0 Å². The number of methoxy groups -OCH3 is 2. The molecule has 0 aliphatic heterocycles. The molecule has 1 aromatic carbocycles. The van der Waals surface area contributed by atoms with E-state index in [2.05, 4.69) is 10.0 Å². The van der Waals surface area contributed by atoms with Gasteiger partial charge in [-0.25, -0.2) is 0 Å². The molecule has 0 saturated carbocycles. The maximum Gasteiger partial charge on any atom is 0.174 e. The van der Waals surface area contributed by atoms with Gasteiger partial charge in [-0.05, 0) is 45.8 Å². The molecule has 2 atom stereocenters. The van der Waals surface area contributed by atoms with Gasteiger partial charge in [0.15, 0.2) is 11.5 Å². The first-order valence-corrected chi connectivity index (χ1v) is 6.41. The molecule has 7 nitrogen and oxygen atoms in total. The van der Waals surface area contributed by atoms with Crippen LogP contribution in [-0.4, -0.2) is 37.1 Å². The number of hydrogen-bond donors (Lipinski definition) is 2. The van der Waals surface area contributed by atoms with Crippen molar-refractivity contribution in [3.63, 3.8) is 0 Å². The van der Waals surface area contributed by atoms with Crippen molar-refractivity contribution in [2.24, 2.45) is 5.11 Å². The molecule has 19 heavy (non-hydrogen) atoms. The van der Waals surface area contributed by atoms with Crippen LogP contribution >= 0.6 is 22.6 Å². The summed E-state index contributed by atoms with van der Waals surface area (Å²) >= 11 is 2.04. The lowest BCUT2D eigenvalue weighted by atomic mass is 10.0. The van der Waals surface area contributed by atoms with Crippen LogP contribution in [0.25, 0.3) is 10.4 Å². The van der Waals surface area contributed by atoms with E-state index in [1.165, 1.54) is 14.2 Å². The lowest BCUT2D eigenvalue weighted by molar-refractivity contribution is 0.0242. The van der Waals surface area contributed by atoms with Crippen LogP contribution in [0.15, 0.2) is 17.2 Å². The summed E-state index contributed by atoms with van der Waals surface area (Å²) in [6, 6.07) is 3.25. The average Bonchev–Trinajstić information content (AvgIpc) is 2.42. The monoisotopic (exact) mass is 379 g/mol. The average molecular weight is 379 g/mol. The molecular weight excluding hydrogens is 365 g/mol. The highest BCUT2D eigenvalue weighted by molar-refractivity contribution is 14.1. The van der Waals surface area contributed by atoms with Crippen molar-refractivity contribution in [1.82, 2.24) is 0 Å². The summed E-state index contributed by atoms with van der Waals surface area (Å²) in [6.45, 7) is -0.206. The van der Waals surface area contributed by atoms with E-state index < -0.39 is 12.2 Å². The fraction of sp³-hybridized carbons (Fsp3) is 0.455. The van der Waals surface area contributed by atoms with Crippen LogP contribution < -0.4 is 9.47 Å². The Morgan fingerprint density at radius 2 is 2.05 bits per heavy atom. The summed E-state index contributed by atoms with van der Waals surface area (Å²) in [5.41, 5.74) is 8.65. The molecular formula is C11H14IN3O4. The number of rotatable bonds is 6. The maximum absolute atomic E-state index is 9.99. The number of halogens is 1. The van der Waals surface area contributed by atoms with Crippen molar-refractivity contribution in [1.29, 1.82) is 0 Å². The Hall–Kier alpha value is -1.22. The fourth-order valence-corrected chi connectivity index (χ4v) is 2.40. The molecule has 0 aliphatic rings. The minimum Gasteiger partial charge on any atom is -0.493 e. The Bertz CT molecular complexity index is 491. The van der Waals surface area contributed by atoms with E-state index in [0.29, 0.717) is 17.1 Å². The Morgan fingerprint density at radius 3 is 2.58 bits per heavy atom. The minimum atomic E-state index is -1.18. The standard InChI is InChI=1S/C11H14IN3O4/c1-18-9-4-6(3-7(12)11(9)19-2)10(17)8(16)5-14-15-13/h3-4,8,10,16-17H,5H2,1-2H3. The molecule has 1 rings (SSSR count). The molecule has 0 radical (unpaired) electrons. The van der Waals surface area contributed by atoms with E-state index in [0.717, 1.165) is 3.57 Å². The summed E-state index contributed by atoms with van der Waals surface area (Å²) < 4.78 is 11.1. The molecule has 8 heteroatoms. The highest BCUT2D eigenvalue weighted by Crippen LogP contribution is 2.35. The van der Waals surface area contributed by atoms with Crippen molar-refractivity contribution in [3.8, 4) is 11.5 Å². The highest BCUT2D eigenvalue weighted by atomic mass is 127. The molecule has 0 saturated heterocycles. The largest absolute Gasteiger partial charge is 0.493 e. The molecule has 0 amide bonds. The van der Waals surface area contributed by atoms with Gasteiger partial charge in [0.25, 0.3) is 0 Å². The van der Waals surface area contributed by atoms with Gasteiger partial charge in [0.2, 0.25) is 0 Å². The summed E-state index contributed by atoms with van der Waals surface area (Å²) in [7, 11) is 3.01. The van der Waals surface area contributed by atoms with Gasteiger partial charge in [-0.3, -0.25) is 0 Å². The molecule has 1 aromatic rings. The Morgan fingerprint density at radius 1 is 1.37 bits per heavy atom. The summed E-state index contributed by atoms with van der Waals surface area (Å²) in [6.07, 6.45) is -2.34. The van der Waals surface area contributed by atoms with Crippen molar-refractivity contribution in [3.05, 3.63) is 31.7 Å². The first kappa shape index (κ1) is 15.8. The van der Waals surface area contributed by atoms with Crippen LogP contribution in [0.5, 0.6) is 11.5 Å². The first-order chi connectivity index (χ1) is 9.04. The van der Waals surface area contributed by atoms with E-state index in [1.807, 2.05) is 22.6 Å². The van der Waals surface area contributed by atoms with Crippen LogP contribution in [0.1, 0.15) is 11.7 Å². The lowest BCUT2D eigenvalue weighted by Gasteiger charge is -2.19. The molecule has 104 valence electrons. The second-order valence-corrected chi connectivity index (χ2v) is 4.83. The normalized spacial score (nSPS) is 13.3. The molecule has 2 N–H and O–H groups in total. The molecule has 2 unspecified atom stereocenters. The van der Waals surface area contributed by atoms with Gasteiger partial charge in [-0.15, -0.1) is 0 Å². The van der Waals surface area contributed by atoms with Crippen molar-refractivity contribution in [2.75, 3.05) is 20.8 Å². The molecule has 0 aromatic heterocycles. The van der Waals surface area contributed by atoms with Gasteiger partial charge in [-0.1, -0.05) is 5.11 Å². The summed E-state index contributed by atoms with van der Waals surface area (Å²) in [5, 5.41) is 22.9.